The van der Waals surface area contributed by atoms with Crippen molar-refractivity contribution < 1.29 is 14.2 Å². The van der Waals surface area contributed by atoms with Crippen molar-refractivity contribution in [3.63, 3.8) is 0 Å². The van der Waals surface area contributed by atoms with E-state index >= 15 is 0 Å². The van der Waals surface area contributed by atoms with Crippen LogP contribution in [0.15, 0.2) is 18.2 Å². The van der Waals surface area contributed by atoms with E-state index < -0.39 is 0 Å². The molecule has 2 heterocycles. The van der Waals surface area contributed by atoms with Crippen molar-refractivity contribution in [2.45, 2.75) is 31.8 Å². The number of rotatable bonds is 1. The molecule has 2 aliphatic rings. The van der Waals surface area contributed by atoms with E-state index in [-0.39, 0.29) is 11.6 Å². The van der Waals surface area contributed by atoms with Gasteiger partial charge in [0.05, 0.1) is 32.5 Å². The van der Waals surface area contributed by atoms with Crippen LogP contribution in [-0.4, -0.2) is 32.0 Å². The van der Waals surface area contributed by atoms with Crippen LogP contribution in [-0.2, 0) is 4.74 Å². The Morgan fingerprint density at radius 3 is 2.74 bits per heavy atom. The van der Waals surface area contributed by atoms with Gasteiger partial charge in [0.1, 0.15) is 0 Å². The fraction of sp³-hybridized carbons (Fsp3) is 0.600. The van der Waals surface area contributed by atoms with E-state index in [0.29, 0.717) is 6.61 Å². The van der Waals surface area contributed by atoms with Crippen LogP contribution < -0.4 is 14.8 Å². The Morgan fingerprint density at radius 2 is 1.95 bits per heavy atom. The van der Waals surface area contributed by atoms with Crippen molar-refractivity contribution in [3.05, 3.63) is 23.8 Å². The zero-order chi connectivity index (χ0) is 13.3. The van der Waals surface area contributed by atoms with E-state index in [4.69, 9.17) is 14.2 Å². The van der Waals surface area contributed by atoms with Gasteiger partial charge in [-0.25, -0.2) is 0 Å². The predicted octanol–water partition coefficient (Wildman–Crippen LogP) is 2.29. The van der Waals surface area contributed by atoms with Gasteiger partial charge < -0.3 is 19.5 Å². The van der Waals surface area contributed by atoms with Gasteiger partial charge >= 0.3 is 0 Å². The lowest BCUT2D eigenvalue weighted by Gasteiger charge is -2.37. The summed E-state index contributed by atoms with van der Waals surface area (Å²) >= 11 is 0. The minimum Gasteiger partial charge on any atom is -0.490 e. The van der Waals surface area contributed by atoms with E-state index in [0.717, 1.165) is 37.7 Å². The molecule has 0 saturated carbocycles. The summed E-state index contributed by atoms with van der Waals surface area (Å²) in [5.41, 5.74) is 1.20. The molecule has 1 N–H and O–H groups in total. The molecule has 4 nitrogen and oxygen atoms in total. The lowest BCUT2D eigenvalue weighted by atomic mass is 9.98. The van der Waals surface area contributed by atoms with Crippen molar-refractivity contribution in [1.82, 2.24) is 5.32 Å². The Hall–Kier alpha value is -1.26. The van der Waals surface area contributed by atoms with Gasteiger partial charge in [0.15, 0.2) is 11.5 Å². The molecule has 0 bridgehead atoms. The van der Waals surface area contributed by atoms with E-state index in [1.807, 2.05) is 6.07 Å². The number of fused-ring (bicyclic) bond motifs is 1. The number of morpholine rings is 1. The molecule has 1 aromatic carbocycles. The van der Waals surface area contributed by atoms with Crippen LogP contribution in [0.1, 0.15) is 31.9 Å². The largest absolute Gasteiger partial charge is 0.490 e. The first kappa shape index (κ1) is 12.8. The minimum atomic E-state index is 0.00701. The Morgan fingerprint density at radius 1 is 1.16 bits per heavy atom. The molecular formula is C15H21NO3. The van der Waals surface area contributed by atoms with Crippen LogP contribution >= 0.6 is 0 Å². The molecule has 1 unspecified atom stereocenters. The normalized spacial score (nSPS) is 25.7. The van der Waals surface area contributed by atoms with Crippen molar-refractivity contribution in [3.8, 4) is 11.5 Å². The predicted molar refractivity (Wildman–Crippen MR) is 72.8 cm³/mol. The molecular weight excluding hydrogens is 242 g/mol. The molecule has 0 radical (unpaired) electrons. The van der Waals surface area contributed by atoms with Gasteiger partial charge in [-0.1, -0.05) is 6.07 Å². The lowest BCUT2D eigenvalue weighted by molar-refractivity contribution is 0.0127. The van der Waals surface area contributed by atoms with Gasteiger partial charge in [-0.15, -0.1) is 0 Å². The highest BCUT2D eigenvalue weighted by molar-refractivity contribution is 5.44. The van der Waals surface area contributed by atoms with Gasteiger partial charge in [0.2, 0.25) is 0 Å². The summed E-state index contributed by atoms with van der Waals surface area (Å²) in [6.07, 6.45) is 0.932. The molecule has 0 aromatic heterocycles. The standard InChI is InChI=1S/C15H21NO3/c1-15(2)10-17-9-12(16-15)11-4-5-13-14(8-11)19-7-3-6-18-13/h4-5,8,12,16H,3,6-7,9-10H2,1-2H3. The van der Waals surface area contributed by atoms with Crippen LogP contribution in [0.2, 0.25) is 0 Å². The SMILES string of the molecule is CC1(C)COCC(c2ccc3c(c2)OCCCO3)N1. The zero-order valence-electron chi connectivity index (χ0n) is 11.6. The third kappa shape index (κ3) is 2.85. The first-order valence-corrected chi connectivity index (χ1v) is 6.89. The minimum absolute atomic E-state index is 0.00701. The Labute approximate surface area is 114 Å². The second kappa shape index (κ2) is 5.02. The first-order chi connectivity index (χ1) is 9.14. The summed E-state index contributed by atoms with van der Waals surface area (Å²) < 4.78 is 17.1. The number of nitrogens with one attached hydrogen (secondary N) is 1. The maximum absolute atomic E-state index is 5.74. The number of ether oxygens (including phenoxy) is 3. The number of hydrogen-bond acceptors (Lipinski definition) is 4. The molecule has 1 aromatic rings. The van der Waals surface area contributed by atoms with Crippen LogP contribution in [0.25, 0.3) is 0 Å². The first-order valence-electron chi connectivity index (χ1n) is 6.89. The maximum Gasteiger partial charge on any atom is 0.161 e. The van der Waals surface area contributed by atoms with Crippen molar-refractivity contribution in [2.75, 3.05) is 26.4 Å². The van der Waals surface area contributed by atoms with Crippen LogP contribution in [0.5, 0.6) is 11.5 Å². The molecule has 19 heavy (non-hydrogen) atoms. The third-order valence-electron chi connectivity index (χ3n) is 3.49. The molecule has 1 atom stereocenters. The highest BCUT2D eigenvalue weighted by Crippen LogP contribution is 2.33. The van der Waals surface area contributed by atoms with E-state index in [1.165, 1.54) is 5.56 Å². The Kier molecular flexibility index (Phi) is 3.37. The van der Waals surface area contributed by atoms with Crippen molar-refractivity contribution in [2.24, 2.45) is 0 Å². The molecule has 2 aliphatic heterocycles. The molecule has 4 heteroatoms. The Bertz CT molecular complexity index is 459. The summed E-state index contributed by atoms with van der Waals surface area (Å²) in [7, 11) is 0. The number of hydrogen-bond donors (Lipinski definition) is 1. The van der Waals surface area contributed by atoms with E-state index in [9.17, 15) is 0 Å². The summed E-state index contributed by atoms with van der Waals surface area (Å²) in [5.74, 6) is 1.69. The molecule has 0 spiro atoms. The van der Waals surface area contributed by atoms with Crippen molar-refractivity contribution >= 4 is 0 Å². The van der Waals surface area contributed by atoms with Crippen LogP contribution in [0.4, 0.5) is 0 Å². The fourth-order valence-electron chi connectivity index (χ4n) is 2.56. The summed E-state index contributed by atoms with van der Waals surface area (Å²) in [4.78, 5) is 0. The lowest BCUT2D eigenvalue weighted by Crippen LogP contribution is -2.51. The van der Waals surface area contributed by atoms with Gasteiger partial charge in [0.25, 0.3) is 0 Å². The molecule has 104 valence electrons. The van der Waals surface area contributed by atoms with Crippen molar-refractivity contribution in [1.29, 1.82) is 0 Å². The van der Waals surface area contributed by atoms with Gasteiger partial charge in [0, 0.05) is 12.0 Å². The monoisotopic (exact) mass is 263 g/mol. The highest BCUT2D eigenvalue weighted by atomic mass is 16.5. The topological polar surface area (TPSA) is 39.7 Å². The molecule has 1 fully saturated rings. The van der Waals surface area contributed by atoms with E-state index in [1.54, 1.807) is 0 Å². The zero-order valence-corrected chi connectivity index (χ0v) is 11.6. The maximum atomic E-state index is 5.74. The van der Waals surface area contributed by atoms with Gasteiger partial charge in [-0.05, 0) is 31.5 Å². The van der Waals surface area contributed by atoms with Crippen LogP contribution in [0, 0.1) is 0 Å². The third-order valence-corrected chi connectivity index (χ3v) is 3.49. The quantitative estimate of drug-likeness (QED) is 0.844. The number of benzene rings is 1. The smallest absolute Gasteiger partial charge is 0.161 e. The average Bonchev–Trinajstić information content (AvgIpc) is 2.61. The van der Waals surface area contributed by atoms with Gasteiger partial charge in [-0.2, -0.15) is 0 Å². The summed E-state index contributed by atoms with van der Waals surface area (Å²) in [5, 5.41) is 3.61. The molecule has 0 amide bonds. The second-order valence-corrected chi connectivity index (χ2v) is 5.85. The summed E-state index contributed by atoms with van der Waals surface area (Å²) in [6.45, 7) is 7.20. The van der Waals surface area contributed by atoms with E-state index in [2.05, 4.69) is 31.3 Å². The highest BCUT2D eigenvalue weighted by Gasteiger charge is 2.29. The fourth-order valence-corrected chi connectivity index (χ4v) is 2.56. The Balaban J connectivity index is 1.83. The molecule has 0 aliphatic carbocycles. The summed E-state index contributed by atoms with van der Waals surface area (Å²) in [6, 6.07) is 6.37. The molecule has 3 rings (SSSR count). The molecule has 1 saturated heterocycles. The van der Waals surface area contributed by atoms with Crippen LogP contribution in [0.3, 0.4) is 0 Å². The average molecular weight is 263 g/mol. The van der Waals surface area contributed by atoms with Gasteiger partial charge in [-0.3, -0.25) is 0 Å². The second-order valence-electron chi connectivity index (χ2n) is 5.85.